The highest BCUT2D eigenvalue weighted by Crippen LogP contribution is 2.24. The lowest BCUT2D eigenvalue weighted by atomic mass is 10.2. The highest BCUT2D eigenvalue weighted by Gasteiger charge is 2.11. The van der Waals surface area contributed by atoms with E-state index >= 15 is 0 Å². The predicted molar refractivity (Wildman–Crippen MR) is 95.9 cm³/mol. The lowest BCUT2D eigenvalue weighted by Crippen LogP contribution is -2.15. The number of benzene rings is 2. The van der Waals surface area contributed by atoms with E-state index in [2.05, 4.69) is 20.6 Å². The van der Waals surface area contributed by atoms with Gasteiger partial charge in [-0.3, -0.25) is 4.79 Å². The highest BCUT2D eigenvalue weighted by atomic mass is 35.5. The number of hydrogen-bond acceptors (Lipinski definition) is 4. The molecule has 0 spiro atoms. The van der Waals surface area contributed by atoms with Crippen molar-refractivity contribution in [2.45, 2.75) is 6.92 Å². The zero-order valence-electron chi connectivity index (χ0n) is 13.3. The van der Waals surface area contributed by atoms with E-state index in [1.165, 1.54) is 30.5 Å². The zero-order valence-corrected chi connectivity index (χ0v) is 14.0. The fraction of sp³-hybridized carbons (Fsp3) is 0.0556. The summed E-state index contributed by atoms with van der Waals surface area (Å²) in [6, 6.07) is 12.5. The van der Waals surface area contributed by atoms with E-state index in [9.17, 15) is 9.18 Å². The van der Waals surface area contributed by atoms with Crippen LogP contribution < -0.4 is 10.6 Å². The van der Waals surface area contributed by atoms with Crippen molar-refractivity contribution in [1.82, 2.24) is 9.97 Å². The molecule has 25 heavy (non-hydrogen) atoms. The van der Waals surface area contributed by atoms with Crippen molar-refractivity contribution in [2.75, 3.05) is 10.6 Å². The third kappa shape index (κ3) is 4.10. The van der Waals surface area contributed by atoms with E-state index < -0.39 is 11.7 Å². The molecular formula is C18H14ClFN4O. The molecule has 126 valence electrons. The maximum absolute atomic E-state index is 13.2. The van der Waals surface area contributed by atoms with Gasteiger partial charge in [-0.1, -0.05) is 23.7 Å². The average molecular weight is 357 g/mol. The van der Waals surface area contributed by atoms with Crippen LogP contribution in [0.3, 0.4) is 0 Å². The summed E-state index contributed by atoms with van der Waals surface area (Å²) in [5.74, 6) is -0.629. The molecule has 0 aliphatic heterocycles. The summed E-state index contributed by atoms with van der Waals surface area (Å²) in [7, 11) is 0. The van der Waals surface area contributed by atoms with Crippen LogP contribution in [0.2, 0.25) is 5.02 Å². The molecule has 0 aliphatic rings. The Bertz CT molecular complexity index is 932. The number of rotatable bonds is 4. The summed E-state index contributed by atoms with van der Waals surface area (Å²) in [4.78, 5) is 20.6. The molecule has 1 aromatic heterocycles. The van der Waals surface area contributed by atoms with Crippen LogP contribution in [-0.4, -0.2) is 15.9 Å². The van der Waals surface area contributed by atoms with Crippen LogP contribution in [0.4, 0.5) is 21.7 Å². The van der Waals surface area contributed by atoms with E-state index in [1.807, 2.05) is 13.0 Å². The number of halogens is 2. The van der Waals surface area contributed by atoms with Gasteiger partial charge in [0.05, 0.1) is 0 Å². The third-order valence-corrected chi connectivity index (χ3v) is 3.89. The molecule has 0 saturated heterocycles. The van der Waals surface area contributed by atoms with Gasteiger partial charge in [0.25, 0.3) is 5.91 Å². The smallest absolute Gasteiger partial charge is 0.274 e. The Kier molecular flexibility index (Phi) is 4.90. The third-order valence-electron chi connectivity index (χ3n) is 3.48. The Labute approximate surface area is 148 Å². The highest BCUT2D eigenvalue weighted by molar-refractivity contribution is 6.31. The first-order valence-corrected chi connectivity index (χ1v) is 7.83. The number of nitrogens with one attached hydrogen (secondary N) is 2. The number of amides is 1. The minimum Gasteiger partial charge on any atom is -0.324 e. The molecule has 1 heterocycles. The standard InChI is InChI=1S/C18H14ClFN4O/c1-11-14(19)6-3-7-15(11)23-18-21-9-8-16(24-18)17(25)22-13-5-2-4-12(20)10-13/h2-10H,1H3,(H,22,25)(H,21,23,24). The van der Waals surface area contributed by atoms with Crippen molar-refractivity contribution in [3.8, 4) is 0 Å². The quantitative estimate of drug-likeness (QED) is 0.718. The van der Waals surface area contributed by atoms with Crippen LogP contribution in [-0.2, 0) is 0 Å². The van der Waals surface area contributed by atoms with Crippen LogP contribution in [0.5, 0.6) is 0 Å². The van der Waals surface area contributed by atoms with Crippen LogP contribution in [0.15, 0.2) is 54.7 Å². The number of carbonyl (C=O) groups excluding carboxylic acids is 1. The molecule has 0 saturated carbocycles. The van der Waals surface area contributed by atoms with Gasteiger partial charge >= 0.3 is 0 Å². The number of aromatic nitrogens is 2. The van der Waals surface area contributed by atoms with Crippen molar-refractivity contribution in [2.24, 2.45) is 0 Å². The molecule has 0 unspecified atom stereocenters. The van der Waals surface area contributed by atoms with Crippen molar-refractivity contribution < 1.29 is 9.18 Å². The summed E-state index contributed by atoms with van der Waals surface area (Å²) in [6.45, 7) is 1.87. The summed E-state index contributed by atoms with van der Waals surface area (Å²) in [5.41, 5.74) is 2.10. The SMILES string of the molecule is Cc1c(Cl)cccc1Nc1nccc(C(=O)Nc2cccc(F)c2)n1. The molecule has 0 fully saturated rings. The van der Waals surface area contributed by atoms with Crippen molar-refractivity contribution >= 4 is 34.8 Å². The first kappa shape index (κ1) is 16.9. The first-order chi connectivity index (χ1) is 12.0. The summed E-state index contributed by atoms with van der Waals surface area (Å²) >= 11 is 6.09. The molecule has 0 bridgehead atoms. The topological polar surface area (TPSA) is 66.9 Å². The molecule has 0 atom stereocenters. The van der Waals surface area contributed by atoms with Crippen LogP contribution in [0, 0.1) is 12.7 Å². The van der Waals surface area contributed by atoms with Crippen molar-refractivity contribution in [1.29, 1.82) is 0 Å². The first-order valence-electron chi connectivity index (χ1n) is 7.45. The van der Waals surface area contributed by atoms with Gasteiger partial charge in [-0.15, -0.1) is 0 Å². The van der Waals surface area contributed by atoms with Gasteiger partial charge in [0.15, 0.2) is 0 Å². The maximum atomic E-state index is 13.2. The Balaban J connectivity index is 1.79. The number of carbonyl (C=O) groups is 1. The van der Waals surface area contributed by atoms with Crippen molar-refractivity contribution in [3.05, 3.63) is 76.8 Å². The zero-order chi connectivity index (χ0) is 17.8. The van der Waals surface area contributed by atoms with Gasteiger partial charge in [-0.2, -0.15) is 0 Å². The molecule has 7 heteroatoms. The van der Waals surface area contributed by atoms with Gasteiger partial charge in [-0.05, 0) is 48.9 Å². The molecule has 2 N–H and O–H groups in total. The molecular weight excluding hydrogens is 343 g/mol. The van der Waals surface area contributed by atoms with E-state index in [0.29, 0.717) is 10.7 Å². The minimum absolute atomic E-state index is 0.154. The number of anilines is 3. The summed E-state index contributed by atoms with van der Waals surface area (Å²) in [6.07, 6.45) is 1.47. The second-order valence-electron chi connectivity index (χ2n) is 5.27. The lowest BCUT2D eigenvalue weighted by Gasteiger charge is -2.10. The van der Waals surface area contributed by atoms with E-state index in [1.54, 1.807) is 18.2 Å². The minimum atomic E-state index is -0.459. The molecule has 0 radical (unpaired) electrons. The monoisotopic (exact) mass is 356 g/mol. The Hall–Kier alpha value is -2.99. The largest absolute Gasteiger partial charge is 0.324 e. The molecule has 5 nitrogen and oxygen atoms in total. The van der Waals surface area contributed by atoms with Gasteiger partial charge < -0.3 is 10.6 Å². The van der Waals surface area contributed by atoms with E-state index in [4.69, 9.17) is 11.6 Å². The Morgan fingerprint density at radius 2 is 1.96 bits per heavy atom. The number of hydrogen-bond donors (Lipinski definition) is 2. The van der Waals surface area contributed by atoms with Gasteiger partial charge in [-0.25, -0.2) is 14.4 Å². The second-order valence-corrected chi connectivity index (χ2v) is 5.67. The molecule has 3 rings (SSSR count). The second kappa shape index (κ2) is 7.27. The Morgan fingerprint density at radius 3 is 2.76 bits per heavy atom. The molecule has 0 aliphatic carbocycles. The average Bonchev–Trinajstić information content (AvgIpc) is 2.59. The van der Waals surface area contributed by atoms with Crippen molar-refractivity contribution in [3.63, 3.8) is 0 Å². The fourth-order valence-electron chi connectivity index (χ4n) is 2.17. The van der Waals surface area contributed by atoms with Gasteiger partial charge in [0.2, 0.25) is 5.95 Å². The predicted octanol–water partition coefficient (Wildman–Crippen LogP) is 4.57. The fourth-order valence-corrected chi connectivity index (χ4v) is 2.34. The van der Waals surface area contributed by atoms with E-state index in [0.717, 1.165) is 11.3 Å². The van der Waals surface area contributed by atoms with Crippen LogP contribution in [0.25, 0.3) is 0 Å². The van der Waals surface area contributed by atoms with E-state index in [-0.39, 0.29) is 11.6 Å². The summed E-state index contributed by atoms with van der Waals surface area (Å²) < 4.78 is 13.2. The van der Waals surface area contributed by atoms with Gasteiger partial charge in [0, 0.05) is 22.6 Å². The van der Waals surface area contributed by atoms with Gasteiger partial charge in [0.1, 0.15) is 11.5 Å². The van der Waals surface area contributed by atoms with Crippen LogP contribution in [0.1, 0.15) is 16.1 Å². The Morgan fingerprint density at radius 1 is 1.16 bits per heavy atom. The molecule has 3 aromatic rings. The normalized spacial score (nSPS) is 10.4. The maximum Gasteiger partial charge on any atom is 0.274 e. The summed E-state index contributed by atoms with van der Waals surface area (Å²) in [5, 5.41) is 6.24. The lowest BCUT2D eigenvalue weighted by molar-refractivity contribution is 0.102. The molecule has 2 aromatic carbocycles. The van der Waals surface area contributed by atoms with Crippen LogP contribution >= 0.6 is 11.6 Å². The molecule has 1 amide bonds. The number of nitrogens with zero attached hydrogens (tertiary/aromatic N) is 2.